The fourth-order valence-electron chi connectivity index (χ4n) is 4.47. The predicted octanol–water partition coefficient (Wildman–Crippen LogP) is 8.28. The van der Waals surface area contributed by atoms with Crippen molar-refractivity contribution in [2.75, 3.05) is 6.61 Å². The molecule has 1 nitrogen and oxygen atoms in total. The van der Waals surface area contributed by atoms with Crippen molar-refractivity contribution < 1.29 is 22.3 Å². The first-order chi connectivity index (χ1) is 15.9. The van der Waals surface area contributed by atoms with Crippen LogP contribution in [0.25, 0.3) is 28.3 Å². The molecule has 4 rings (SSSR count). The molecule has 3 aromatic carbocycles. The number of halogens is 4. The van der Waals surface area contributed by atoms with Crippen molar-refractivity contribution in [3.8, 4) is 22.3 Å². The zero-order valence-electron chi connectivity index (χ0n) is 18.5. The Bertz CT molecular complexity index is 1150. The van der Waals surface area contributed by atoms with E-state index in [0.29, 0.717) is 18.6 Å². The first-order valence-electron chi connectivity index (χ1n) is 11.2. The first-order valence-corrected chi connectivity index (χ1v) is 11.2. The highest BCUT2D eigenvalue weighted by Gasteiger charge is 2.28. The first kappa shape index (κ1) is 23.2. The van der Waals surface area contributed by atoms with Gasteiger partial charge in [-0.25, -0.2) is 17.6 Å². The van der Waals surface area contributed by atoms with Gasteiger partial charge in [0.05, 0.1) is 12.7 Å². The third-order valence-corrected chi connectivity index (χ3v) is 6.36. The van der Waals surface area contributed by atoms with Crippen molar-refractivity contribution >= 4 is 6.08 Å². The Morgan fingerprint density at radius 3 is 2.03 bits per heavy atom. The molecule has 5 heteroatoms. The highest BCUT2D eigenvalue weighted by atomic mass is 19.2. The van der Waals surface area contributed by atoms with Gasteiger partial charge >= 0.3 is 0 Å². The number of hydrogen-bond acceptors (Lipinski definition) is 1. The van der Waals surface area contributed by atoms with Crippen molar-refractivity contribution in [2.45, 2.75) is 44.6 Å². The monoisotopic (exact) mass is 454 g/mol. The molecule has 0 aromatic heterocycles. The van der Waals surface area contributed by atoms with E-state index in [4.69, 9.17) is 4.74 Å². The number of rotatable bonds is 6. The van der Waals surface area contributed by atoms with Gasteiger partial charge in [0.2, 0.25) is 0 Å². The van der Waals surface area contributed by atoms with E-state index in [1.807, 2.05) is 0 Å². The lowest BCUT2D eigenvalue weighted by atomic mass is 9.88. The van der Waals surface area contributed by atoms with Gasteiger partial charge in [-0.15, -0.1) is 0 Å². The fourth-order valence-corrected chi connectivity index (χ4v) is 4.47. The molecular formula is C28H26F4O. The van der Waals surface area contributed by atoms with E-state index < -0.39 is 23.3 Å². The molecule has 2 unspecified atom stereocenters. The average Bonchev–Trinajstić information content (AvgIpc) is 2.84. The SMILES string of the molecule is C=Cc1ccc(-c2ccc(-c3ccc(C4CCC(CCC)OC4)c(F)c3F)c(F)c2F)cc1. The molecule has 0 radical (unpaired) electrons. The molecule has 2 atom stereocenters. The molecule has 0 N–H and O–H groups in total. The summed E-state index contributed by atoms with van der Waals surface area (Å²) in [6, 6.07) is 12.2. The van der Waals surface area contributed by atoms with E-state index >= 15 is 4.39 Å². The van der Waals surface area contributed by atoms with Crippen LogP contribution in [-0.4, -0.2) is 12.7 Å². The summed E-state index contributed by atoms with van der Waals surface area (Å²) < 4.78 is 65.6. The lowest BCUT2D eigenvalue weighted by Crippen LogP contribution is -2.25. The number of hydrogen-bond donors (Lipinski definition) is 0. The second-order valence-corrected chi connectivity index (χ2v) is 8.46. The molecule has 0 bridgehead atoms. The summed E-state index contributed by atoms with van der Waals surface area (Å²) in [6.45, 7) is 6.07. The molecule has 1 aliphatic heterocycles. The summed E-state index contributed by atoms with van der Waals surface area (Å²) in [4.78, 5) is 0. The number of ether oxygens (including phenoxy) is 1. The Hall–Kier alpha value is -2.92. The van der Waals surface area contributed by atoms with Gasteiger partial charge in [0.15, 0.2) is 23.3 Å². The predicted molar refractivity (Wildman–Crippen MR) is 124 cm³/mol. The van der Waals surface area contributed by atoms with Crippen LogP contribution in [0.15, 0.2) is 55.1 Å². The molecule has 1 heterocycles. The van der Waals surface area contributed by atoms with Crippen molar-refractivity contribution in [2.24, 2.45) is 0 Å². The summed E-state index contributed by atoms with van der Waals surface area (Å²) in [5.74, 6) is -4.78. The molecule has 1 aliphatic rings. The topological polar surface area (TPSA) is 9.23 Å². The minimum absolute atomic E-state index is 0.0466. The Morgan fingerprint density at radius 1 is 0.818 bits per heavy atom. The van der Waals surface area contributed by atoms with Gasteiger partial charge < -0.3 is 4.74 Å². The van der Waals surface area contributed by atoms with E-state index in [9.17, 15) is 13.2 Å². The molecule has 33 heavy (non-hydrogen) atoms. The van der Waals surface area contributed by atoms with Crippen LogP contribution in [0.2, 0.25) is 0 Å². The molecule has 0 spiro atoms. The Labute approximate surface area is 191 Å². The van der Waals surface area contributed by atoms with Gasteiger partial charge in [0, 0.05) is 22.6 Å². The third-order valence-electron chi connectivity index (χ3n) is 6.36. The van der Waals surface area contributed by atoms with E-state index in [0.717, 1.165) is 24.8 Å². The van der Waals surface area contributed by atoms with Crippen LogP contribution < -0.4 is 0 Å². The largest absolute Gasteiger partial charge is 0.378 e. The molecular weight excluding hydrogens is 428 g/mol. The van der Waals surface area contributed by atoms with Gasteiger partial charge in [0.25, 0.3) is 0 Å². The molecule has 0 aliphatic carbocycles. The number of benzene rings is 3. The van der Waals surface area contributed by atoms with E-state index in [1.165, 1.54) is 24.3 Å². The van der Waals surface area contributed by atoms with Crippen molar-refractivity contribution in [3.63, 3.8) is 0 Å². The third kappa shape index (κ3) is 4.60. The van der Waals surface area contributed by atoms with Crippen molar-refractivity contribution in [1.29, 1.82) is 0 Å². The summed E-state index contributed by atoms with van der Waals surface area (Å²) in [5.41, 5.74) is 0.963. The molecule has 172 valence electrons. The Kier molecular flexibility index (Phi) is 6.99. The highest BCUT2D eigenvalue weighted by molar-refractivity contribution is 5.73. The zero-order valence-corrected chi connectivity index (χ0v) is 18.5. The minimum Gasteiger partial charge on any atom is -0.378 e. The fraction of sp³-hybridized carbons (Fsp3) is 0.286. The highest BCUT2D eigenvalue weighted by Crippen LogP contribution is 2.37. The summed E-state index contributed by atoms with van der Waals surface area (Å²) >= 11 is 0. The summed E-state index contributed by atoms with van der Waals surface area (Å²) in [7, 11) is 0. The van der Waals surface area contributed by atoms with Crippen LogP contribution >= 0.6 is 0 Å². The van der Waals surface area contributed by atoms with Gasteiger partial charge in [-0.3, -0.25) is 0 Å². The van der Waals surface area contributed by atoms with Crippen LogP contribution in [0.4, 0.5) is 17.6 Å². The lowest BCUT2D eigenvalue weighted by molar-refractivity contribution is -0.00181. The van der Waals surface area contributed by atoms with Gasteiger partial charge in [-0.05, 0) is 36.0 Å². The lowest BCUT2D eigenvalue weighted by Gasteiger charge is -2.29. The van der Waals surface area contributed by atoms with E-state index in [1.54, 1.807) is 30.3 Å². The maximum Gasteiger partial charge on any atom is 0.167 e. The average molecular weight is 455 g/mol. The van der Waals surface area contributed by atoms with Crippen molar-refractivity contribution in [1.82, 2.24) is 0 Å². The van der Waals surface area contributed by atoms with Gasteiger partial charge in [0.1, 0.15) is 0 Å². The Morgan fingerprint density at radius 2 is 1.42 bits per heavy atom. The van der Waals surface area contributed by atoms with E-state index in [2.05, 4.69) is 13.5 Å². The quantitative estimate of drug-likeness (QED) is 0.341. The van der Waals surface area contributed by atoms with Gasteiger partial charge in [-0.1, -0.05) is 74.5 Å². The molecule has 1 fully saturated rings. The van der Waals surface area contributed by atoms with Crippen LogP contribution in [-0.2, 0) is 4.74 Å². The maximum atomic E-state index is 15.0. The smallest absolute Gasteiger partial charge is 0.167 e. The van der Waals surface area contributed by atoms with Crippen molar-refractivity contribution in [3.05, 3.63) is 89.5 Å². The van der Waals surface area contributed by atoms with Crippen LogP contribution in [0.3, 0.4) is 0 Å². The van der Waals surface area contributed by atoms with Crippen LogP contribution in [0.5, 0.6) is 0 Å². The summed E-state index contributed by atoms with van der Waals surface area (Å²) in [6.07, 6.45) is 5.24. The van der Waals surface area contributed by atoms with Crippen LogP contribution in [0.1, 0.15) is 49.7 Å². The molecule has 0 saturated carbocycles. The minimum atomic E-state index is -1.21. The molecule has 1 saturated heterocycles. The molecule has 3 aromatic rings. The summed E-state index contributed by atoms with van der Waals surface area (Å²) in [5, 5.41) is 0. The second kappa shape index (κ2) is 9.92. The van der Waals surface area contributed by atoms with Crippen LogP contribution in [0, 0.1) is 23.3 Å². The maximum absolute atomic E-state index is 15.0. The zero-order chi connectivity index (χ0) is 23.5. The molecule has 0 amide bonds. The Balaban J connectivity index is 1.63. The standard InChI is InChI=1S/C28H26F4O/c1-3-5-20-11-10-19(16-33-20)22-13-15-24(28(32)26(22)30)23-14-12-21(25(29)27(23)31)18-8-6-17(4-2)7-9-18/h4,6-9,12-15,19-20H,2-3,5,10-11,16H2,1H3. The normalized spacial score (nSPS) is 18.3. The van der Waals surface area contributed by atoms with Gasteiger partial charge in [-0.2, -0.15) is 0 Å². The van der Waals surface area contributed by atoms with E-state index in [-0.39, 0.29) is 34.3 Å². The second-order valence-electron chi connectivity index (χ2n) is 8.46.